The third kappa shape index (κ3) is 3.58. The highest BCUT2D eigenvalue weighted by Gasteiger charge is 2.10. The molecular formula is C15H11BrClFO2. The third-order valence-electron chi connectivity index (χ3n) is 2.72. The van der Waals surface area contributed by atoms with Crippen LogP contribution in [0.4, 0.5) is 4.39 Å². The second kappa shape index (κ2) is 6.37. The smallest absolute Gasteiger partial charge is 0.163 e. The summed E-state index contributed by atoms with van der Waals surface area (Å²) in [5.74, 6) is 0.00957. The Labute approximate surface area is 129 Å². The Morgan fingerprint density at radius 1 is 1.30 bits per heavy atom. The van der Waals surface area contributed by atoms with E-state index in [2.05, 4.69) is 15.9 Å². The van der Waals surface area contributed by atoms with Crippen LogP contribution in [0.15, 0.2) is 40.9 Å². The molecule has 0 aliphatic rings. The molecule has 0 N–H and O–H groups in total. The van der Waals surface area contributed by atoms with Gasteiger partial charge in [0.15, 0.2) is 5.78 Å². The topological polar surface area (TPSA) is 26.3 Å². The van der Waals surface area contributed by atoms with Crippen LogP contribution in [-0.2, 0) is 6.61 Å². The number of carbonyl (C=O) groups excluding carboxylic acids is 1. The van der Waals surface area contributed by atoms with Gasteiger partial charge in [0.1, 0.15) is 18.2 Å². The van der Waals surface area contributed by atoms with Crippen LogP contribution in [0.3, 0.4) is 0 Å². The van der Waals surface area contributed by atoms with Crippen molar-refractivity contribution >= 4 is 33.3 Å². The zero-order chi connectivity index (χ0) is 14.7. The monoisotopic (exact) mass is 356 g/mol. The van der Waals surface area contributed by atoms with Crippen molar-refractivity contribution in [1.82, 2.24) is 0 Å². The second-order valence-electron chi connectivity index (χ2n) is 4.22. The molecule has 0 heterocycles. The lowest BCUT2D eigenvalue weighted by Crippen LogP contribution is -2.02. The number of rotatable bonds is 4. The number of halogens is 3. The number of hydrogen-bond donors (Lipinski definition) is 0. The van der Waals surface area contributed by atoms with E-state index >= 15 is 0 Å². The SMILES string of the molecule is CC(=O)c1cc(Cl)ccc1OCc1ccc(F)cc1Br. The van der Waals surface area contributed by atoms with Crippen LogP contribution in [0.5, 0.6) is 5.75 Å². The lowest BCUT2D eigenvalue weighted by molar-refractivity contribution is 0.101. The molecule has 20 heavy (non-hydrogen) atoms. The van der Waals surface area contributed by atoms with Gasteiger partial charge >= 0.3 is 0 Å². The van der Waals surface area contributed by atoms with Crippen LogP contribution in [0.1, 0.15) is 22.8 Å². The standard InChI is InChI=1S/C15H11BrClFO2/c1-9(19)13-6-11(17)3-5-15(13)20-8-10-2-4-12(18)7-14(10)16/h2-7H,8H2,1H3. The largest absolute Gasteiger partial charge is 0.488 e. The van der Waals surface area contributed by atoms with Crippen molar-refractivity contribution in [2.24, 2.45) is 0 Å². The molecule has 0 spiro atoms. The first-order chi connectivity index (χ1) is 9.47. The van der Waals surface area contributed by atoms with E-state index in [9.17, 15) is 9.18 Å². The molecule has 2 rings (SSSR count). The number of hydrogen-bond acceptors (Lipinski definition) is 2. The van der Waals surface area contributed by atoms with Crippen molar-refractivity contribution in [3.05, 3.63) is 62.8 Å². The highest BCUT2D eigenvalue weighted by molar-refractivity contribution is 9.10. The molecule has 0 radical (unpaired) electrons. The normalized spacial score (nSPS) is 10.4. The molecule has 0 aromatic heterocycles. The summed E-state index contributed by atoms with van der Waals surface area (Å²) in [5.41, 5.74) is 1.21. The summed E-state index contributed by atoms with van der Waals surface area (Å²) in [7, 11) is 0. The highest BCUT2D eigenvalue weighted by Crippen LogP contribution is 2.26. The van der Waals surface area contributed by atoms with Crippen molar-refractivity contribution in [2.45, 2.75) is 13.5 Å². The summed E-state index contributed by atoms with van der Waals surface area (Å²) in [6, 6.07) is 9.23. The zero-order valence-electron chi connectivity index (χ0n) is 10.6. The average molecular weight is 358 g/mol. The Balaban J connectivity index is 2.20. The molecule has 5 heteroatoms. The fourth-order valence-corrected chi connectivity index (χ4v) is 2.33. The van der Waals surface area contributed by atoms with Gasteiger partial charge in [-0.3, -0.25) is 4.79 Å². The molecule has 0 saturated heterocycles. The Hall–Kier alpha value is -1.39. The summed E-state index contributed by atoms with van der Waals surface area (Å²) < 4.78 is 19.2. The van der Waals surface area contributed by atoms with Crippen LogP contribution >= 0.6 is 27.5 Å². The van der Waals surface area contributed by atoms with Crippen molar-refractivity contribution in [3.8, 4) is 5.75 Å². The number of ketones is 1. The lowest BCUT2D eigenvalue weighted by Gasteiger charge is -2.11. The number of ether oxygens (including phenoxy) is 1. The van der Waals surface area contributed by atoms with Crippen molar-refractivity contribution in [2.75, 3.05) is 0 Å². The lowest BCUT2D eigenvalue weighted by atomic mass is 10.1. The van der Waals surface area contributed by atoms with E-state index in [1.807, 2.05) is 0 Å². The second-order valence-corrected chi connectivity index (χ2v) is 5.51. The molecule has 0 aliphatic carbocycles. The summed E-state index contributed by atoms with van der Waals surface area (Å²) in [6.07, 6.45) is 0. The van der Waals surface area contributed by atoms with Crippen molar-refractivity contribution < 1.29 is 13.9 Å². The van der Waals surface area contributed by atoms with Crippen molar-refractivity contribution in [1.29, 1.82) is 0 Å². The highest BCUT2D eigenvalue weighted by atomic mass is 79.9. The fourth-order valence-electron chi connectivity index (χ4n) is 1.70. The van der Waals surface area contributed by atoms with Crippen LogP contribution < -0.4 is 4.74 Å². The van der Waals surface area contributed by atoms with E-state index in [0.29, 0.717) is 20.8 Å². The Bertz CT molecular complexity index is 658. The van der Waals surface area contributed by atoms with Gasteiger partial charge in [-0.05, 0) is 37.3 Å². The summed E-state index contributed by atoms with van der Waals surface area (Å²) in [4.78, 5) is 11.5. The molecule has 0 amide bonds. The number of Topliss-reactive ketones (excluding diaryl/α,β-unsaturated/α-hetero) is 1. The molecule has 0 saturated carbocycles. The van der Waals surface area contributed by atoms with Gasteiger partial charge in [0.05, 0.1) is 5.56 Å². The molecule has 2 nitrogen and oxygen atoms in total. The maximum Gasteiger partial charge on any atom is 0.163 e. The van der Waals surface area contributed by atoms with Gasteiger partial charge in [-0.1, -0.05) is 33.6 Å². The first-order valence-corrected chi connectivity index (χ1v) is 7.01. The predicted octanol–water partition coefficient (Wildman–Crippen LogP) is 5.02. The van der Waals surface area contributed by atoms with Gasteiger partial charge in [0, 0.05) is 15.1 Å². The minimum absolute atomic E-state index is 0.124. The number of carbonyl (C=O) groups is 1. The van der Waals surface area contributed by atoms with Crippen LogP contribution in [0, 0.1) is 5.82 Å². The van der Waals surface area contributed by atoms with Gasteiger partial charge in [0.2, 0.25) is 0 Å². The van der Waals surface area contributed by atoms with E-state index in [1.165, 1.54) is 19.1 Å². The van der Waals surface area contributed by atoms with Gasteiger partial charge in [-0.2, -0.15) is 0 Å². The van der Waals surface area contributed by atoms with Crippen LogP contribution in [0.2, 0.25) is 5.02 Å². The summed E-state index contributed by atoms with van der Waals surface area (Å²) in [5, 5.41) is 0.477. The van der Waals surface area contributed by atoms with E-state index < -0.39 is 0 Å². The number of benzene rings is 2. The molecule has 0 unspecified atom stereocenters. The first kappa shape index (κ1) is 15.0. The maximum atomic E-state index is 13.0. The fraction of sp³-hybridized carbons (Fsp3) is 0.133. The Kier molecular flexibility index (Phi) is 4.78. The molecule has 0 aliphatic heterocycles. The van der Waals surface area contributed by atoms with Gasteiger partial charge < -0.3 is 4.74 Å². The zero-order valence-corrected chi connectivity index (χ0v) is 13.0. The van der Waals surface area contributed by atoms with Gasteiger partial charge in [-0.25, -0.2) is 4.39 Å². The van der Waals surface area contributed by atoms with Gasteiger partial charge in [0.25, 0.3) is 0 Å². The predicted molar refractivity (Wildman–Crippen MR) is 79.9 cm³/mol. The van der Waals surface area contributed by atoms with Gasteiger partial charge in [-0.15, -0.1) is 0 Å². The molecule has 0 bridgehead atoms. The average Bonchev–Trinajstić information content (AvgIpc) is 2.38. The van der Waals surface area contributed by atoms with E-state index in [-0.39, 0.29) is 18.2 Å². The molecule has 2 aromatic carbocycles. The minimum Gasteiger partial charge on any atom is -0.488 e. The first-order valence-electron chi connectivity index (χ1n) is 5.84. The van der Waals surface area contributed by atoms with E-state index in [1.54, 1.807) is 24.3 Å². The Morgan fingerprint density at radius 2 is 2.05 bits per heavy atom. The van der Waals surface area contributed by atoms with Crippen molar-refractivity contribution in [3.63, 3.8) is 0 Å². The van der Waals surface area contributed by atoms with Crippen LogP contribution in [-0.4, -0.2) is 5.78 Å². The quantitative estimate of drug-likeness (QED) is 0.718. The molecule has 0 fully saturated rings. The molecule has 0 atom stereocenters. The van der Waals surface area contributed by atoms with Crippen LogP contribution in [0.25, 0.3) is 0 Å². The molecule has 2 aromatic rings. The summed E-state index contributed by atoms with van der Waals surface area (Å²) >= 11 is 9.14. The molecule has 104 valence electrons. The summed E-state index contributed by atoms with van der Waals surface area (Å²) in [6.45, 7) is 1.68. The minimum atomic E-state index is -0.323. The Morgan fingerprint density at radius 3 is 2.70 bits per heavy atom. The third-order valence-corrected chi connectivity index (χ3v) is 3.69. The molecular weight excluding hydrogens is 347 g/mol. The van der Waals surface area contributed by atoms with E-state index in [4.69, 9.17) is 16.3 Å². The maximum absolute atomic E-state index is 13.0. The van der Waals surface area contributed by atoms with E-state index in [0.717, 1.165) is 5.56 Å².